The highest BCUT2D eigenvalue weighted by molar-refractivity contribution is 7.89. The minimum atomic E-state index is -3.79. The summed E-state index contributed by atoms with van der Waals surface area (Å²) in [6.45, 7) is 1.92. The molecule has 7 heteroatoms. The third kappa shape index (κ3) is 4.18. The number of rotatable bonds is 7. The Morgan fingerprint density at radius 3 is 2.44 bits per heavy atom. The van der Waals surface area contributed by atoms with Crippen LogP contribution in [0.3, 0.4) is 0 Å². The number of sulfonamides is 1. The van der Waals surface area contributed by atoms with Crippen LogP contribution in [0.1, 0.15) is 41.7 Å². The highest BCUT2D eigenvalue weighted by Gasteiger charge is 2.30. The Morgan fingerprint density at radius 1 is 1.16 bits per heavy atom. The predicted octanol–water partition coefficient (Wildman–Crippen LogP) is 3.00. The van der Waals surface area contributed by atoms with Crippen molar-refractivity contribution in [2.75, 3.05) is 5.32 Å². The molecule has 0 radical (unpaired) electrons. The summed E-state index contributed by atoms with van der Waals surface area (Å²) in [4.78, 5) is 11.2. The van der Waals surface area contributed by atoms with Crippen molar-refractivity contribution in [1.29, 1.82) is 0 Å². The molecule has 0 amide bonds. The van der Waals surface area contributed by atoms with Crippen LogP contribution in [0.25, 0.3) is 0 Å². The molecule has 25 heavy (non-hydrogen) atoms. The van der Waals surface area contributed by atoms with Crippen molar-refractivity contribution in [1.82, 2.24) is 4.72 Å². The minimum Gasteiger partial charge on any atom is -0.478 e. The maximum absolute atomic E-state index is 12.7. The summed E-state index contributed by atoms with van der Waals surface area (Å²) in [5, 5.41) is 12.4. The fourth-order valence-electron chi connectivity index (χ4n) is 2.54. The lowest BCUT2D eigenvalue weighted by atomic mass is 10.1. The molecule has 2 aromatic rings. The van der Waals surface area contributed by atoms with E-state index >= 15 is 0 Å². The first-order valence-corrected chi connectivity index (χ1v) is 9.56. The molecule has 2 aromatic carbocycles. The highest BCUT2D eigenvalue weighted by atomic mass is 32.2. The summed E-state index contributed by atoms with van der Waals surface area (Å²) in [7, 11) is -3.79. The molecule has 3 rings (SSSR count). The van der Waals surface area contributed by atoms with Crippen LogP contribution in [0.2, 0.25) is 0 Å². The standard InChI is InChI=1S/C18H20N2O4S/c1-12(13-5-3-2-4-6-13)19-16-10-7-14(18(21)22)11-17(16)25(23,24)20-15-8-9-15/h2-7,10-12,15,19-20H,8-9H2,1H3,(H,21,22). The lowest BCUT2D eigenvalue weighted by molar-refractivity contribution is 0.0696. The average molecular weight is 360 g/mol. The first-order chi connectivity index (χ1) is 11.9. The van der Waals surface area contributed by atoms with Crippen LogP contribution < -0.4 is 10.0 Å². The summed E-state index contributed by atoms with van der Waals surface area (Å²) in [5.41, 5.74) is 1.33. The van der Waals surface area contributed by atoms with Gasteiger partial charge in [-0.15, -0.1) is 0 Å². The van der Waals surface area contributed by atoms with E-state index in [2.05, 4.69) is 10.0 Å². The topological polar surface area (TPSA) is 95.5 Å². The molecule has 1 fully saturated rings. The van der Waals surface area contributed by atoms with E-state index in [9.17, 15) is 18.3 Å². The first kappa shape index (κ1) is 17.4. The fourth-order valence-corrected chi connectivity index (χ4v) is 4.04. The molecule has 1 aliphatic rings. The number of carboxylic acid groups (broad SMARTS) is 1. The maximum atomic E-state index is 12.7. The molecular formula is C18H20N2O4S. The normalized spacial score (nSPS) is 15.6. The SMILES string of the molecule is CC(Nc1ccc(C(=O)O)cc1S(=O)(=O)NC1CC1)c1ccccc1. The third-order valence-corrected chi connectivity index (χ3v) is 5.65. The van der Waals surface area contributed by atoms with E-state index in [4.69, 9.17) is 0 Å². The molecule has 1 atom stereocenters. The maximum Gasteiger partial charge on any atom is 0.335 e. The van der Waals surface area contributed by atoms with Gasteiger partial charge in [0.05, 0.1) is 11.3 Å². The number of hydrogen-bond donors (Lipinski definition) is 3. The van der Waals surface area contributed by atoms with Crippen LogP contribution in [0.4, 0.5) is 5.69 Å². The van der Waals surface area contributed by atoms with Gasteiger partial charge in [0.2, 0.25) is 10.0 Å². The van der Waals surface area contributed by atoms with Crippen molar-refractivity contribution >= 4 is 21.7 Å². The van der Waals surface area contributed by atoms with Crippen molar-refractivity contribution < 1.29 is 18.3 Å². The van der Waals surface area contributed by atoms with Gasteiger partial charge in [0.25, 0.3) is 0 Å². The second-order valence-electron chi connectivity index (χ2n) is 6.19. The second kappa shape index (κ2) is 6.85. The molecule has 1 unspecified atom stereocenters. The Morgan fingerprint density at radius 2 is 1.84 bits per heavy atom. The number of anilines is 1. The second-order valence-corrected chi connectivity index (χ2v) is 7.87. The molecule has 1 aliphatic carbocycles. The van der Waals surface area contributed by atoms with E-state index in [0.717, 1.165) is 18.4 Å². The summed E-state index contributed by atoms with van der Waals surface area (Å²) >= 11 is 0. The van der Waals surface area contributed by atoms with Crippen molar-refractivity contribution in [2.45, 2.75) is 36.7 Å². The van der Waals surface area contributed by atoms with Gasteiger partial charge >= 0.3 is 5.97 Å². The largest absolute Gasteiger partial charge is 0.478 e. The van der Waals surface area contributed by atoms with E-state index in [1.165, 1.54) is 18.2 Å². The van der Waals surface area contributed by atoms with Crippen molar-refractivity contribution in [3.05, 3.63) is 59.7 Å². The molecule has 3 N–H and O–H groups in total. The quantitative estimate of drug-likeness (QED) is 0.705. The molecule has 0 saturated heterocycles. The molecule has 0 heterocycles. The summed E-state index contributed by atoms with van der Waals surface area (Å²) < 4.78 is 27.9. The van der Waals surface area contributed by atoms with E-state index < -0.39 is 16.0 Å². The van der Waals surface area contributed by atoms with E-state index in [1.807, 2.05) is 37.3 Å². The van der Waals surface area contributed by atoms with Crippen molar-refractivity contribution in [3.63, 3.8) is 0 Å². The summed E-state index contributed by atoms with van der Waals surface area (Å²) in [5.74, 6) is -1.16. The van der Waals surface area contributed by atoms with Crippen LogP contribution in [0.5, 0.6) is 0 Å². The number of nitrogens with one attached hydrogen (secondary N) is 2. The molecule has 6 nitrogen and oxygen atoms in total. The Kier molecular flexibility index (Phi) is 4.78. The fraction of sp³-hybridized carbons (Fsp3) is 0.278. The van der Waals surface area contributed by atoms with Gasteiger partial charge in [-0.3, -0.25) is 0 Å². The smallest absolute Gasteiger partial charge is 0.335 e. The predicted molar refractivity (Wildman–Crippen MR) is 95.2 cm³/mol. The van der Waals surface area contributed by atoms with Crippen molar-refractivity contribution in [2.24, 2.45) is 0 Å². The van der Waals surface area contributed by atoms with Gasteiger partial charge in [-0.1, -0.05) is 30.3 Å². The number of hydrogen-bond acceptors (Lipinski definition) is 4. The number of benzene rings is 2. The van der Waals surface area contributed by atoms with Gasteiger partial charge < -0.3 is 10.4 Å². The van der Waals surface area contributed by atoms with Crippen LogP contribution >= 0.6 is 0 Å². The summed E-state index contributed by atoms with van der Waals surface area (Å²) in [6.07, 6.45) is 1.61. The zero-order valence-corrected chi connectivity index (χ0v) is 14.6. The van der Waals surface area contributed by atoms with Gasteiger partial charge in [0, 0.05) is 12.1 Å². The van der Waals surface area contributed by atoms with Gasteiger partial charge in [0.15, 0.2) is 0 Å². The Labute approximate surface area is 146 Å². The molecular weight excluding hydrogens is 340 g/mol. The van der Waals surface area contributed by atoms with E-state index in [0.29, 0.717) is 5.69 Å². The van der Waals surface area contributed by atoms with Gasteiger partial charge in [-0.2, -0.15) is 0 Å². The lowest BCUT2D eigenvalue weighted by Gasteiger charge is -2.19. The average Bonchev–Trinajstić information content (AvgIpc) is 3.39. The van der Waals surface area contributed by atoms with Crippen LogP contribution in [0, 0.1) is 0 Å². The Balaban J connectivity index is 1.96. The zero-order chi connectivity index (χ0) is 18.0. The third-order valence-electron chi connectivity index (χ3n) is 4.09. The van der Waals surface area contributed by atoms with Gasteiger partial charge in [0.1, 0.15) is 4.90 Å². The summed E-state index contributed by atoms with van der Waals surface area (Å²) in [6, 6.07) is 13.5. The minimum absolute atomic E-state index is 0.0397. The number of carboxylic acids is 1. The Hall–Kier alpha value is -2.38. The lowest BCUT2D eigenvalue weighted by Crippen LogP contribution is -2.27. The molecule has 132 valence electrons. The number of aromatic carboxylic acids is 1. The molecule has 0 bridgehead atoms. The highest BCUT2D eigenvalue weighted by Crippen LogP contribution is 2.29. The Bertz CT molecular complexity index is 877. The zero-order valence-electron chi connectivity index (χ0n) is 13.8. The van der Waals surface area contributed by atoms with Gasteiger partial charge in [-0.25, -0.2) is 17.9 Å². The van der Waals surface area contributed by atoms with Gasteiger partial charge in [-0.05, 0) is 43.5 Å². The van der Waals surface area contributed by atoms with E-state index in [1.54, 1.807) is 0 Å². The van der Waals surface area contributed by atoms with Crippen LogP contribution in [-0.2, 0) is 10.0 Å². The first-order valence-electron chi connectivity index (χ1n) is 8.08. The molecule has 0 aromatic heterocycles. The monoisotopic (exact) mass is 360 g/mol. The molecule has 0 spiro atoms. The van der Waals surface area contributed by atoms with Crippen LogP contribution in [0.15, 0.2) is 53.4 Å². The van der Waals surface area contributed by atoms with Crippen molar-refractivity contribution in [3.8, 4) is 0 Å². The molecule has 0 aliphatic heterocycles. The number of carbonyl (C=O) groups is 1. The van der Waals surface area contributed by atoms with Crippen LogP contribution in [-0.4, -0.2) is 25.5 Å². The van der Waals surface area contributed by atoms with E-state index in [-0.39, 0.29) is 22.5 Å². The molecule has 1 saturated carbocycles.